The topological polar surface area (TPSA) is 91.3 Å². The fourth-order valence-corrected chi connectivity index (χ4v) is 2.52. The number of carbonyl (C=O) groups excluding carboxylic acids is 1. The van der Waals surface area contributed by atoms with E-state index in [2.05, 4.69) is 15.6 Å². The molecule has 0 spiro atoms. The van der Waals surface area contributed by atoms with Gasteiger partial charge in [-0.15, -0.1) is 0 Å². The molecule has 1 aliphatic rings. The van der Waals surface area contributed by atoms with Crippen molar-refractivity contribution in [3.63, 3.8) is 0 Å². The molecule has 108 valence electrons. The van der Waals surface area contributed by atoms with E-state index < -0.39 is 11.9 Å². The minimum absolute atomic E-state index is 0.280. The van der Waals surface area contributed by atoms with Crippen LogP contribution in [0.5, 0.6) is 0 Å². The van der Waals surface area contributed by atoms with Gasteiger partial charge in [-0.05, 0) is 31.9 Å². The smallest absolute Gasteiger partial charge is 0.315 e. The van der Waals surface area contributed by atoms with Crippen molar-refractivity contribution in [2.45, 2.75) is 38.8 Å². The molecule has 6 nitrogen and oxygen atoms in total. The molecule has 20 heavy (non-hydrogen) atoms. The highest BCUT2D eigenvalue weighted by Crippen LogP contribution is 2.25. The molecule has 0 aromatic carbocycles. The molecule has 3 N–H and O–H groups in total. The van der Waals surface area contributed by atoms with E-state index in [1.54, 1.807) is 0 Å². The van der Waals surface area contributed by atoms with Crippen LogP contribution in [0.25, 0.3) is 0 Å². The van der Waals surface area contributed by atoms with E-state index in [0.29, 0.717) is 19.4 Å². The monoisotopic (exact) mass is 277 g/mol. The highest BCUT2D eigenvalue weighted by Gasteiger charge is 2.33. The largest absolute Gasteiger partial charge is 0.481 e. The standard InChI is InChI=1S/C14H19N3O3/c1-9-4-2-5-10(16-9)8-15-14(20)17-12-7-3-6-11(12)13(18)19/h2,4-5,11-12H,3,6-8H2,1H3,(H,18,19)(H2,15,17,20). The van der Waals surface area contributed by atoms with E-state index in [-0.39, 0.29) is 12.1 Å². The first kappa shape index (κ1) is 14.3. The van der Waals surface area contributed by atoms with Crippen LogP contribution in [0.1, 0.15) is 30.7 Å². The quantitative estimate of drug-likeness (QED) is 0.776. The van der Waals surface area contributed by atoms with E-state index >= 15 is 0 Å². The summed E-state index contributed by atoms with van der Waals surface area (Å²) in [5.41, 5.74) is 1.67. The van der Waals surface area contributed by atoms with Gasteiger partial charge in [-0.3, -0.25) is 9.78 Å². The number of aliphatic carboxylic acids is 1. The predicted molar refractivity (Wildman–Crippen MR) is 73.1 cm³/mol. The fourth-order valence-electron chi connectivity index (χ4n) is 2.52. The number of amides is 2. The Labute approximate surface area is 117 Å². The van der Waals surface area contributed by atoms with Gasteiger partial charge in [-0.25, -0.2) is 4.79 Å². The van der Waals surface area contributed by atoms with Gasteiger partial charge in [0.2, 0.25) is 0 Å². The number of pyridine rings is 1. The van der Waals surface area contributed by atoms with Gasteiger partial charge < -0.3 is 15.7 Å². The van der Waals surface area contributed by atoms with Gasteiger partial charge in [-0.2, -0.15) is 0 Å². The minimum atomic E-state index is -0.840. The molecule has 1 aromatic heterocycles. The highest BCUT2D eigenvalue weighted by molar-refractivity contribution is 5.77. The molecule has 2 rings (SSSR count). The van der Waals surface area contributed by atoms with Gasteiger partial charge in [0.1, 0.15) is 0 Å². The van der Waals surface area contributed by atoms with Crippen molar-refractivity contribution in [3.8, 4) is 0 Å². The highest BCUT2D eigenvalue weighted by atomic mass is 16.4. The number of urea groups is 1. The number of carboxylic acid groups (broad SMARTS) is 1. The van der Waals surface area contributed by atoms with Crippen molar-refractivity contribution in [1.29, 1.82) is 0 Å². The molecule has 0 bridgehead atoms. The zero-order valence-electron chi connectivity index (χ0n) is 11.4. The van der Waals surface area contributed by atoms with Crippen LogP contribution in [0.3, 0.4) is 0 Å². The van der Waals surface area contributed by atoms with E-state index in [0.717, 1.165) is 17.8 Å². The third-order valence-corrected chi connectivity index (χ3v) is 3.53. The van der Waals surface area contributed by atoms with Crippen molar-refractivity contribution in [2.75, 3.05) is 0 Å². The SMILES string of the molecule is Cc1cccc(CNC(=O)NC2CCCC2C(=O)O)n1. The van der Waals surface area contributed by atoms with Crippen LogP contribution in [0, 0.1) is 12.8 Å². The van der Waals surface area contributed by atoms with Gasteiger partial charge in [0, 0.05) is 11.7 Å². The number of rotatable bonds is 4. The van der Waals surface area contributed by atoms with Crippen LogP contribution < -0.4 is 10.6 Å². The molecule has 0 aliphatic heterocycles. The van der Waals surface area contributed by atoms with Crippen molar-refractivity contribution in [2.24, 2.45) is 5.92 Å². The molecule has 6 heteroatoms. The molecule has 2 amide bonds. The van der Waals surface area contributed by atoms with Crippen LogP contribution in [-0.2, 0) is 11.3 Å². The second-order valence-electron chi connectivity index (χ2n) is 5.08. The Morgan fingerprint density at radius 3 is 2.90 bits per heavy atom. The zero-order valence-corrected chi connectivity index (χ0v) is 11.4. The number of nitrogens with zero attached hydrogens (tertiary/aromatic N) is 1. The van der Waals surface area contributed by atoms with Crippen LogP contribution in [0.15, 0.2) is 18.2 Å². The second kappa shape index (κ2) is 6.36. The average molecular weight is 277 g/mol. The summed E-state index contributed by atoms with van der Waals surface area (Å²) in [5.74, 6) is -1.31. The normalized spacial score (nSPS) is 21.4. The molecule has 0 radical (unpaired) electrons. The Balaban J connectivity index is 1.82. The third kappa shape index (κ3) is 3.69. The maximum atomic E-state index is 11.8. The molecule has 1 fully saturated rings. The molecular formula is C14H19N3O3. The number of aromatic nitrogens is 1. The van der Waals surface area contributed by atoms with Crippen LogP contribution in [0.2, 0.25) is 0 Å². The number of aryl methyl sites for hydroxylation is 1. The molecule has 0 saturated heterocycles. The van der Waals surface area contributed by atoms with Crippen LogP contribution >= 0.6 is 0 Å². The molecule has 1 heterocycles. The molecule has 1 aromatic rings. The first-order valence-corrected chi connectivity index (χ1v) is 6.76. The van der Waals surface area contributed by atoms with E-state index in [1.807, 2.05) is 25.1 Å². The van der Waals surface area contributed by atoms with Crippen molar-refractivity contribution in [3.05, 3.63) is 29.6 Å². The van der Waals surface area contributed by atoms with Gasteiger partial charge in [0.05, 0.1) is 18.2 Å². The number of carboxylic acids is 1. The Morgan fingerprint density at radius 1 is 1.40 bits per heavy atom. The Kier molecular flexibility index (Phi) is 4.55. The summed E-state index contributed by atoms with van der Waals surface area (Å²) in [5, 5.41) is 14.5. The lowest BCUT2D eigenvalue weighted by Gasteiger charge is -2.17. The Bertz CT molecular complexity index is 504. The van der Waals surface area contributed by atoms with Crippen molar-refractivity contribution >= 4 is 12.0 Å². The first-order valence-electron chi connectivity index (χ1n) is 6.76. The van der Waals surface area contributed by atoms with Gasteiger partial charge >= 0.3 is 12.0 Å². The Hall–Kier alpha value is -2.11. The van der Waals surface area contributed by atoms with Gasteiger partial charge in [0.25, 0.3) is 0 Å². The van der Waals surface area contributed by atoms with Crippen LogP contribution in [-0.4, -0.2) is 28.1 Å². The lowest BCUT2D eigenvalue weighted by Crippen LogP contribution is -2.45. The summed E-state index contributed by atoms with van der Waals surface area (Å²) >= 11 is 0. The van der Waals surface area contributed by atoms with Gasteiger partial charge in [-0.1, -0.05) is 12.5 Å². The maximum absolute atomic E-state index is 11.8. The van der Waals surface area contributed by atoms with Crippen molar-refractivity contribution in [1.82, 2.24) is 15.6 Å². The second-order valence-corrected chi connectivity index (χ2v) is 5.08. The number of nitrogens with one attached hydrogen (secondary N) is 2. The fraction of sp³-hybridized carbons (Fsp3) is 0.500. The predicted octanol–water partition coefficient (Wildman–Crippen LogP) is 1.44. The van der Waals surface area contributed by atoms with E-state index in [9.17, 15) is 9.59 Å². The van der Waals surface area contributed by atoms with Crippen molar-refractivity contribution < 1.29 is 14.7 Å². The lowest BCUT2D eigenvalue weighted by atomic mass is 10.0. The number of hydrogen-bond acceptors (Lipinski definition) is 3. The first-order chi connectivity index (χ1) is 9.56. The lowest BCUT2D eigenvalue weighted by molar-refractivity contribution is -0.142. The molecule has 1 aliphatic carbocycles. The van der Waals surface area contributed by atoms with E-state index in [4.69, 9.17) is 5.11 Å². The summed E-state index contributed by atoms with van der Waals surface area (Å²) in [7, 11) is 0. The number of carbonyl (C=O) groups is 2. The van der Waals surface area contributed by atoms with Gasteiger partial charge in [0.15, 0.2) is 0 Å². The summed E-state index contributed by atoms with van der Waals surface area (Å²) in [4.78, 5) is 27.1. The molecule has 2 atom stereocenters. The summed E-state index contributed by atoms with van der Waals surface area (Å²) in [6.07, 6.45) is 2.17. The molecule has 1 saturated carbocycles. The summed E-state index contributed by atoms with van der Waals surface area (Å²) in [6.45, 7) is 2.22. The molecule has 2 unspecified atom stereocenters. The minimum Gasteiger partial charge on any atom is -0.481 e. The summed E-state index contributed by atoms with van der Waals surface area (Å²) in [6, 6.07) is 4.99. The zero-order chi connectivity index (χ0) is 14.5. The average Bonchev–Trinajstić information content (AvgIpc) is 2.85. The molecular weight excluding hydrogens is 258 g/mol. The van der Waals surface area contributed by atoms with E-state index in [1.165, 1.54) is 0 Å². The third-order valence-electron chi connectivity index (χ3n) is 3.53. The van der Waals surface area contributed by atoms with Crippen LogP contribution in [0.4, 0.5) is 4.79 Å². The Morgan fingerprint density at radius 2 is 2.20 bits per heavy atom. The maximum Gasteiger partial charge on any atom is 0.315 e. The summed E-state index contributed by atoms with van der Waals surface area (Å²) < 4.78 is 0. The number of hydrogen-bond donors (Lipinski definition) is 3.